The van der Waals surface area contributed by atoms with Crippen LogP contribution in [0.4, 0.5) is 0 Å². The molecule has 80 valence electrons. The van der Waals surface area contributed by atoms with Crippen LogP contribution >= 0.6 is 23.2 Å². The molecule has 16 heavy (non-hydrogen) atoms. The van der Waals surface area contributed by atoms with E-state index >= 15 is 0 Å². The molecule has 0 saturated heterocycles. The minimum atomic E-state index is -0.504. The van der Waals surface area contributed by atoms with Gasteiger partial charge in [0.2, 0.25) is 5.78 Å². The van der Waals surface area contributed by atoms with Crippen LogP contribution in [-0.2, 0) is 0 Å². The van der Waals surface area contributed by atoms with Crippen molar-refractivity contribution in [2.75, 3.05) is 0 Å². The summed E-state index contributed by atoms with van der Waals surface area (Å²) in [7, 11) is 0. The Morgan fingerprint density at radius 2 is 1.19 bits per heavy atom. The molecule has 2 aromatic heterocycles. The number of nitrogens with zero attached hydrogens (tertiary/aromatic N) is 4. The molecule has 0 aliphatic heterocycles. The average Bonchev–Trinajstić information content (AvgIpc) is 2.29. The van der Waals surface area contributed by atoms with Crippen LogP contribution in [0.25, 0.3) is 0 Å². The predicted molar refractivity (Wildman–Crippen MR) is 57.5 cm³/mol. The van der Waals surface area contributed by atoms with Crippen LogP contribution in [0.15, 0.2) is 24.8 Å². The van der Waals surface area contributed by atoms with Gasteiger partial charge in [-0.3, -0.25) is 4.79 Å². The molecule has 0 N–H and O–H groups in total. The second-order valence-corrected chi connectivity index (χ2v) is 3.44. The summed E-state index contributed by atoms with van der Waals surface area (Å²) in [4.78, 5) is 27.1. The highest BCUT2D eigenvalue weighted by Crippen LogP contribution is 2.17. The molecule has 0 spiro atoms. The fourth-order valence-electron chi connectivity index (χ4n) is 1.06. The zero-order valence-electron chi connectivity index (χ0n) is 7.76. The number of hydrogen-bond donors (Lipinski definition) is 0. The van der Waals surface area contributed by atoms with E-state index in [1.807, 2.05) is 0 Å². The van der Waals surface area contributed by atoms with Gasteiger partial charge in [0.15, 0.2) is 10.3 Å². The van der Waals surface area contributed by atoms with Crippen LogP contribution in [0.3, 0.4) is 0 Å². The predicted octanol–water partition coefficient (Wildman–Crippen LogP) is 1.80. The average molecular weight is 255 g/mol. The minimum Gasteiger partial charge on any atom is -0.285 e. The van der Waals surface area contributed by atoms with Crippen LogP contribution in [0, 0.1) is 0 Å². The van der Waals surface area contributed by atoms with Gasteiger partial charge in [0.1, 0.15) is 11.4 Å². The van der Waals surface area contributed by atoms with E-state index in [9.17, 15) is 4.79 Å². The van der Waals surface area contributed by atoms with Crippen molar-refractivity contribution in [3.63, 3.8) is 0 Å². The van der Waals surface area contributed by atoms with E-state index in [1.54, 1.807) is 0 Å². The lowest BCUT2D eigenvalue weighted by atomic mass is 10.2. The van der Waals surface area contributed by atoms with Crippen LogP contribution in [0.1, 0.15) is 16.2 Å². The van der Waals surface area contributed by atoms with Crippen LogP contribution < -0.4 is 0 Å². The normalized spacial score (nSPS) is 10.1. The van der Waals surface area contributed by atoms with Crippen LogP contribution in [0.2, 0.25) is 10.3 Å². The van der Waals surface area contributed by atoms with Crippen molar-refractivity contribution in [2.45, 2.75) is 0 Å². The standard InChI is InChI=1S/C9H4Cl2N4O/c10-8-5(12-1-3-14-8)7(16)6-9(11)15-4-2-13-6/h1-4H. The molecule has 2 rings (SSSR count). The number of halogens is 2. The maximum Gasteiger partial charge on any atom is 0.235 e. The van der Waals surface area contributed by atoms with Crippen molar-refractivity contribution < 1.29 is 4.79 Å². The van der Waals surface area contributed by atoms with Gasteiger partial charge in [0.05, 0.1) is 0 Å². The van der Waals surface area contributed by atoms with Crippen molar-refractivity contribution in [3.8, 4) is 0 Å². The molecule has 0 aliphatic carbocycles. The summed E-state index contributed by atoms with van der Waals surface area (Å²) >= 11 is 11.5. The summed E-state index contributed by atoms with van der Waals surface area (Å²) in [6, 6.07) is 0. The SMILES string of the molecule is O=C(c1nccnc1Cl)c1nccnc1Cl. The Morgan fingerprint density at radius 1 is 0.812 bits per heavy atom. The molecule has 2 aromatic rings. The molecule has 0 saturated carbocycles. The fourth-order valence-corrected chi connectivity index (χ4v) is 1.44. The summed E-state index contributed by atoms with van der Waals surface area (Å²) in [6.07, 6.45) is 5.50. The first-order valence-electron chi connectivity index (χ1n) is 4.18. The Kier molecular flexibility index (Phi) is 3.07. The third-order valence-corrected chi connectivity index (χ3v) is 2.29. The second kappa shape index (κ2) is 4.51. The smallest absolute Gasteiger partial charge is 0.235 e. The first-order valence-corrected chi connectivity index (χ1v) is 4.93. The molecule has 0 amide bonds. The largest absolute Gasteiger partial charge is 0.285 e. The second-order valence-electron chi connectivity index (χ2n) is 2.72. The highest BCUT2D eigenvalue weighted by molar-refractivity contribution is 6.36. The van der Waals surface area contributed by atoms with Crippen molar-refractivity contribution in [3.05, 3.63) is 46.5 Å². The topological polar surface area (TPSA) is 68.6 Å². The molecule has 0 atom stereocenters. The molecule has 0 radical (unpaired) electrons. The number of hydrogen-bond acceptors (Lipinski definition) is 5. The van der Waals surface area contributed by atoms with Crippen molar-refractivity contribution in [1.29, 1.82) is 0 Å². The van der Waals surface area contributed by atoms with E-state index in [0.717, 1.165) is 0 Å². The monoisotopic (exact) mass is 254 g/mol. The Hall–Kier alpha value is -1.59. The molecule has 0 unspecified atom stereocenters. The number of ketones is 1. The summed E-state index contributed by atoms with van der Waals surface area (Å²) in [6.45, 7) is 0. The van der Waals surface area contributed by atoms with Crippen molar-refractivity contribution in [1.82, 2.24) is 19.9 Å². The van der Waals surface area contributed by atoms with Gasteiger partial charge in [-0.05, 0) is 0 Å². The number of carbonyl (C=O) groups is 1. The molecule has 7 heteroatoms. The third kappa shape index (κ3) is 2.00. The van der Waals surface area contributed by atoms with E-state index in [2.05, 4.69) is 19.9 Å². The molecular weight excluding hydrogens is 251 g/mol. The summed E-state index contributed by atoms with van der Waals surface area (Å²) in [5, 5.41) is 0.0171. The maximum atomic E-state index is 11.9. The maximum absolute atomic E-state index is 11.9. The Labute approximate surface area is 101 Å². The molecular formula is C9H4Cl2N4O. The fraction of sp³-hybridized carbons (Fsp3) is 0. The van der Waals surface area contributed by atoms with Gasteiger partial charge in [-0.25, -0.2) is 19.9 Å². The zero-order valence-corrected chi connectivity index (χ0v) is 9.27. The quantitative estimate of drug-likeness (QED) is 0.765. The molecule has 0 fully saturated rings. The molecule has 0 bridgehead atoms. The van der Waals surface area contributed by atoms with E-state index in [-0.39, 0.29) is 21.7 Å². The molecule has 2 heterocycles. The van der Waals surface area contributed by atoms with Gasteiger partial charge in [0, 0.05) is 24.8 Å². The first kappa shape index (κ1) is 10.9. The minimum absolute atomic E-state index is 0.00608. The van der Waals surface area contributed by atoms with Gasteiger partial charge in [-0.1, -0.05) is 23.2 Å². The van der Waals surface area contributed by atoms with Crippen molar-refractivity contribution >= 4 is 29.0 Å². The first-order chi connectivity index (χ1) is 7.70. The highest BCUT2D eigenvalue weighted by atomic mass is 35.5. The van der Waals surface area contributed by atoms with Crippen LogP contribution in [0.5, 0.6) is 0 Å². The summed E-state index contributed by atoms with van der Waals surface area (Å²) < 4.78 is 0. The van der Waals surface area contributed by atoms with E-state index in [0.29, 0.717) is 0 Å². The lowest BCUT2D eigenvalue weighted by molar-refractivity contribution is 0.102. The molecule has 5 nitrogen and oxygen atoms in total. The Bertz CT molecular complexity index is 499. The van der Waals surface area contributed by atoms with Gasteiger partial charge in [-0.2, -0.15) is 0 Å². The van der Waals surface area contributed by atoms with Gasteiger partial charge < -0.3 is 0 Å². The lowest BCUT2D eigenvalue weighted by Gasteiger charge is -2.01. The van der Waals surface area contributed by atoms with E-state index in [4.69, 9.17) is 23.2 Å². The van der Waals surface area contributed by atoms with Gasteiger partial charge >= 0.3 is 0 Å². The Morgan fingerprint density at radius 3 is 1.56 bits per heavy atom. The van der Waals surface area contributed by atoms with E-state index in [1.165, 1.54) is 24.8 Å². The van der Waals surface area contributed by atoms with Crippen molar-refractivity contribution in [2.24, 2.45) is 0 Å². The molecule has 0 aliphatic rings. The summed E-state index contributed by atoms with van der Waals surface area (Å²) in [5.74, 6) is -0.504. The zero-order chi connectivity index (χ0) is 11.5. The van der Waals surface area contributed by atoms with E-state index < -0.39 is 5.78 Å². The third-order valence-electron chi connectivity index (χ3n) is 1.74. The number of rotatable bonds is 2. The highest BCUT2D eigenvalue weighted by Gasteiger charge is 2.19. The number of carbonyl (C=O) groups excluding carboxylic acids is 1. The van der Waals surface area contributed by atoms with Gasteiger partial charge in [-0.15, -0.1) is 0 Å². The Balaban J connectivity index is 2.48. The summed E-state index contributed by atoms with van der Waals surface area (Å²) in [5.41, 5.74) is 0.0122. The molecule has 0 aromatic carbocycles. The van der Waals surface area contributed by atoms with Gasteiger partial charge in [0.25, 0.3) is 0 Å². The van der Waals surface area contributed by atoms with Crippen LogP contribution in [-0.4, -0.2) is 25.7 Å². The number of aromatic nitrogens is 4. The lowest BCUT2D eigenvalue weighted by Crippen LogP contribution is -2.09.